The highest BCUT2D eigenvalue weighted by atomic mass is 32.2. The van der Waals surface area contributed by atoms with Crippen LogP contribution in [0.15, 0.2) is 48.5 Å². The van der Waals surface area contributed by atoms with Crippen molar-refractivity contribution >= 4 is 10.1 Å². The molecule has 1 fully saturated rings. The van der Waals surface area contributed by atoms with Gasteiger partial charge in [0.15, 0.2) is 0 Å². The molecule has 4 nitrogen and oxygen atoms in total. The first-order chi connectivity index (χ1) is 13.6. The number of fused-ring (bicyclic) bond motifs is 3. The van der Waals surface area contributed by atoms with Crippen molar-refractivity contribution in [2.75, 3.05) is 6.26 Å². The molecule has 0 aromatic heterocycles. The molecule has 4 unspecified atom stereocenters. The van der Waals surface area contributed by atoms with E-state index in [0.717, 1.165) is 23.4 Å². The second-order valence-corrected chi connectivity index (χ2v) is 9.42. The molecule has 156 valence electrons. The Balaban J connectivity index is 1.69. The molecule has 2 aromatic rings. The summed E-state index contributed by atoms with van der Waals surface area (Å²) in [4.78, 5) is 0. The normalized spacial score (nSPS) is 26.8. The van der Waals surface area contributed by atoms with Gasteiger partial charge in [0.25, 0.3) is 10.1 Å². The summed E-state index contributed by atoms with van der Waals surface area (Å²) < 4.78 is 68.3. The summed E-state index contributed by atoms with van der Waals surface area (Å²) in [6.45, 7) is 0. The van der Waals surface area contributed by atoms with E-state index in [0.29, 0.717) is 24.8 Å². The Kier molecular flexibility index (Phi) is 5.21. The Hall–Kier alpha value is -1.90. The number of hydrogen-bond donors (Lipinski definition) is 1. The summed E-state index contributed by atoms with van der Waals surface area (Å²) in [7, 11) is -3.73. The van der Waals surface area contributed by atoms with Gasteiger partial charge in [0.2, 0.25) is 0 Å². The average Bonchev–Trinajstić information content (AvgIpc) is 2.97. The van der Waals surface area contributed by atoms with Crippen LogP contribution in [0.25, 0.3) is 0 Å². The van der Waals surface area contributed by atoms with E-state index in [-0.39, 0.29) is 17.9 Å². The van der Waals surface area contributed by atoms with E-state index in [1.54, 1.807) is 0 Å². The monoisotopic (exact) mass is 425 g/mol. The maximum atomic E-state index is 13.1. The molecule has 2 aromatic carbocycles. The predicted molar refractivity (Wildman–Crippen MR) is 103 cm³/mol. The summed E-state index contributed by atoms with van der Waals surface area (Å²) in [6.07, 6.45) is -2.31. The minimum absolute atomic E-state index is 0.0235. The standard InChI is InChI=1S/C21H22F3NO3S/c1-29(26,27)28-20-19-16-10-8-15(21(22,23)24)12-14(16)7-9-17(19)18(25-20)11-13-5-3-2-4-6-13/h2-6,8,10,12,17-20,25H,7,9,11H2,1H3. The number of alkyl halides is 3. The van der Waals surface area contributed by atoms with Crippen LogP contribution in [-0.4, -0.2) is 26.9 Å². The first kappa shape index (κ1) is 20.4. The lowest BCUT2D eigenvalue weighted by Gasteiger charge is -2.32. The van der Waals surface area contributed by atoms with Crippen molar-refractivity contribution in [3.8, 4) is 0 Å². The van der Waals surface area contributed by atoms with Gasteiger partial charge in [0.05, 0.1) is 11.8 Å². The number of nitrogens with one attached hydrogen (secondary N) is 1. The van der Waals surface area contributed by atoms with E-state index >= 15 is 0 Å². The number of halogens is 3. The molecular weight excluding hydrogens is 403 g/mol. The van der Waals surface area contributed by atoms with Crippen LogP contribution in [0.3, 0.4) is 0 Å². The highest BCUT2D eigenvalue weighted by Crippen LogP contribution is 2.47. The van der Waals surface area contributed by atoms with E-state index in [9.17, 15) is 21.6 Å². The second kappa shape index (κ2) is 7.41. The molecule has 8 heteroatoms. The Labute approximate surface area is 168 Å². The molecule has 1 N–H and O–H groups in total. The van der Waals surface area contributed by atoms with Gasteiger partial charge in [-0.15, -0.1) is 0 Å². The topological polar surface area (TPSA) is 55.4 Å². The molecule has 1 saturated heterocycles. The Morgan fingerprint density at radius 1 is 1.14 bits per heavy atom. The Morgan fingerprint density at radius 3 is 2.52 bits per heavy atom. The molecule has 4 atom stereocenters. The fourth-order valence-corrected chi connectivity index (χ4v) is 5.24. The molecule has 1 aliphatic carbocycles. The van der Waals surface area contributed by atoms with Gasteiger partial charge in [-0.2, -0.15) is 21.6 Å². The van der Waals surface area contributed by atoms with Gasteiger partial charge in [-0.05, 0) is 54.0 Å². The number of benzene rings is 2. The smallest absolute Gasteiger partial charge is 0.287 e. The summed E-state index contributed by atoms with van der Waals surface area (Å²) in [5.74, 6) is -0.240. The van der Waals surface area contributed by atoms with Gasteiger partial charge in [0.1, 0.15) is 6.23 Å². The van der Waals surface area contributed by atoms with Gasteiger partial charge < -0.3 is 0 Å². The number of aryl methyl sites for hydroxylation is 1. The molecule has 1 aliphatic heterocycles. The van der Waals surface area contributed by atoms with Crippen LogP contribution in [0.5, 0.6) is 0 Å². The van der Waals surface area contributed by atoms with Crippen LogP contribution in [-0.2, 0) is 33.3 Å². The zero-order valence-corrected chi connectivity index (χ0v) is 16.6. The Morgan fingerprint density at radius 2 is 1.86 bits per heavy atom. The van der Waals surface area contributed by atoms with E-state index in [1.165, 1.54) is 12.1 Å². The average molecular weight is 425 g/mol. The molecule has 0 saturated carbocycles. The lowest BCUT2D eigenvalue weighted by Crippen LogP contribution is -2.36. The van der Waals surface area contributed by atoms with Gasteiger partial charge >= 0.3 is 6.18 Å². The van der Waals surface area contributed by atoms with E-state index in [1.807, 2.05) is 30.3 Å². The third-order valence-electron chi connectivity index (χ3n) is 5.84. The highest BCUT2D eigenvalue weighted by Gasteiger charge is 2.48. The fraction of sp³-hybridized carbons (Fsp3) is 0.429. The highest BCUT2D eigenvalue weighted by molar-refractivity contribution is 7.86. The van der Waals surface area contributed by atoms with Crippen molar-refractivity contribution < 1.29 is 25.8 Å². The van der Waals surface area contributed by atoms with Crippen molar-refractivity contribution in [3.05, 3.63) is 70.8 Å². The van der Waals surface area contributed by atoms with Gasteiger partial charge in [0, 0.05) is 12.0 Å². The first-order valence-electron chi connectivity index (χ1n) is 9.50. The number of rotatable bonds is 4. The van der Waals surface area contributed by atoms with Crippen LogP contribution < -0.4 is 5.32 Å². The quantitative estimate of drug-likeness (QED) is 0.756. The van der Waals surface area contributed by atoms with Gasteiger partial charge in [-0.1, -0.05) is 36.4 Å². The summed E-state index contributed by atoms with van der Waals surface area (Å²) in [5.41, 5.74) is 1.79. The van der Waals surface area contributed by atoms with Crippen LogP contribution in [0, 0.1) is 5.92 Å². The van der Waals surface area contributed by atoms with Crippen molar-refractivity contribution in [1.29, 1.82) is 0 Å². The maximum absolute atomic E-state index is 13.1. The largest absolute Gasteiger partial charge is 0.416 e. The van der Waals surface area contributed by atoms with Crippen molar-refractivity contribution in [2.45, 2.75) is 43.6 Å². The summed E-state index contributed by atoms with van der Waals surface area (Å²) in [5, 5.41) is 3.30. The lowest BCUT2D eigenvalue weighted by molar-refractivity contribution is -0.137. The predicted octanol–water partition coefficient (Wildman–Crippen LogP) is 3.87. The van der Waals surface area contributed by atoms with Crippen LogP contribution >= 0.6 is 0 Å². The molecule has 0 radical (unpaired) electrons. The minimum atomic E-state index is -4.40. The van der Waals surface area contributed by atoms with Crippen LogP contribution in [0.4, 0.5) is 13.2 Å². The third kappa shape index (κ3) is 4.34. The van der Waals surface area contributed by atoms with E-state index in [2.05, 4.69) is 5.32 Å². The van der Waals surface area contributed by atoms with Crippen LogP contribution in [0.2, 0.25) is 0 Å². The van der Waals surface area contributed by atoms with Gasteiger partial charge in [-0.25, -0.2) is 0 Å². The lowest BCUT2D eigenvalue weighted by atomic mass is 9.73. The van der Waals surface area contributed by atoms with Crippen LogP contribution in [0.1, 0.15) is 34.6 Å². The SMILES string of the molecule is CS(=O)(=O)OC1NC(Cc2ccccc2)C2CCc3cc(C(F)(F)F)ccc3C12. The summed E-state index contributed by atoms with van der Waals surface area (Å²) in [6, 6.07) is 13.6. The number of hydrogen-bond acceptors (Lipinski definition) is 4. The van der Waals surface area contributed by atoms with Crippen molar-refractivity contribution in [1.82, 2.24) is 5.32 Å². The molecule has 0 amide bonds. The Bertz CT molecular complexity index is 992. The molecule has 2 aliphatic rings. The molecule has 1 heterocycles. The molecule has 0 spiro atoms. The van der Waals surface area contributed by atoms with E-state index in [4.69, 9.17) is 4.18 Å². The van der Waals surface area contributed by atoms with Crippen molar-refractivity contribution in [2.24, 2.45) is 5.92 Å². The molecule has 0 bridgehead atoms. The first-order valence-corrected chi connectivity index (χ1v) is 11.3. The maximum Gasteiger partial charge on any atom is 0.416 e. The molecule has 4 rings (SSSR count). The fourth-order valence-electron chi connectivity index (χ4n) is 4.69. The summed E-state index contributed by atoms with van der Waals surface area (Å²) >= 11 is 0. The third-order valence-corrected chi connectivity index (χ3v) is 6.39. The molecular formula is C21H22F3NO3S. The second-order valence-electron chi connectivity index (χ2n) is 7.82. The zero-order chi connectivity index (χ0) is 20.8. The van der Waals surface area contributed by atoms with E-state index < -0.39 is 28.1 Å². The zero-order valence-electron chi connectivity index (χ0n) is 15.8. The van der Waals surface area contributed by atoms with Gasteiger partial charge in [-0.3, -0.25) is 9.50 Å². The van der Waals surface area contributed by atoms with Crippen molar-refractivity contribution in [3.63, 3.8) is 0 Å². The minimum Gasteiger partial charge on any atom is -0.287 e. The molecule has 29 heavy (non-hydrogen) atoms.